The third-order valence-electron chi connectivity index (χ3n) is 4.87. The molecule has 1 aliphatic rings. The number of para-hydroxylation sites is 1. The minimum atomic E-state index is -0.451. The van der Waals surface area contributed by atoms with E-state index in [2.05, 4.69) is 5.32 Å². The summed E-state index contributed by atoms with van der Waals surface area (Å²) in [6.07, 6.45) is 1.51. The molecule has 1 N–H and O–H groups in total. The summed E-state index contributed by atoms with van der Waals surface area (Å²) >= 11 is 6.31. The monoisotopic (exact) mass is 412 g/mol. The van der Waals surface area contributed by atoms with Crippen LogP contribution in [-0.4, -0.2) is 23.2 Å². The van der Waals surface area contributed by atoms with E-state index in [0.29, 0.717) is 40.6 Å². The molecule has 0 aliphatic carbocycles. The molecule has 0 fully saturated rings. The number of pyridine rings is 1. The third kappa shape index (κ3) is 3.56. The van der Waals surface area contributed by atoms with Crippen LogP contribution in [0.15, 0.2) is 47.4 Å². The van der Waals surface area contributed by atoms with E-state index in [9.17, 15) is 9.59 Å². The van der Waals surface area contributed by atoms with Crippen LogP contribution >= 0.6 is 11.6 Å². The number of hydrogen-bond acceptors (Lipinski definition) is 4. The molecule has 2 aromatic carbocycles. The predicted molar refractivity (Wildman–Crippen MR) is 112 cm³/mol. The molecular weight excluding hydrogens is 392 g/mol. The van der Waals surface area contributed by atoms with Crippen molar-refractivity contribution in [2.45, 2.75) is 33.0 Å². The third-order valence-corrected chi connectivity index (χ3v) is 5.19. The van der Waals surface area contributed by atoms with Gasteiger partial charge in [-0.05, 0) is 32.0 Å². The standard InChI is InChI=1S/C22H21ClN2O4/c1-3-28-17-7-5-4-6-14(17)10-24-22(27)15-12-25-11-13(2)29-18-9-8-16(23)19(20(18)25)21(15)26/h4-9,12-13H,3,10-11H2,1-2H3,(H,24,27)/t13-/m1/s1. The van der Waals surface area contributed by atoms with Gasteiger partial charge in [-0.1, -0.05) is 29.8 Å². The highest BCUT2D eigenvalue weighted by molar-refractivity contribution is 6.35. The molecule has 0 unspecified atom stereocenters. The Morgan fingerprint density at radius 1 is 1.31 bits per heavy atom. The maximum absolute atomic E-state index is 13.1. The lowest BCUT2D eigenvalue weighted by molar-refractivity contribution is 0.0948. The predicted octanol–water partition coefficient (Wildman–Crippen LogP) is 3.76. The fourth-order valence-corrected chi connectivity index (χ4v) is 3.85. The summed E-state index contributed by atoms with van der Waals surface area (Å²) in [7, 11) is 0. The second-order valence-corrected chi connectivity index (χ2v) is 7.35. The minimum absolute atomic E-state index is 0.0551. The first-order valence-corrected chi connectivity index (χ1v) is 9.88. The Morgan fingerprint density at radius 2 is 2.10 bits per heavy atom. The molecule has 0 saturated heterocycles. The quantitative estimate of drug-likeness (QED) is 0.692. The van der Waals surface area contributed by atoms with Gasteiger partial charge in [0, 0.05) is 18.3 Å². The van der Waals surface area contributed by atoms with E-state index in [0.717, 1.165) is 5.56 Å². The lowest BCUT2D eigenvalue weighted by Gasteiger charge is -2.26. The van der Waals surface area contributed by atoms with Crippen molar-refractivity contribution in [2.24, 2.45) is 0 Å². The fraction of sp³-hybridized carbons (Fsp3) is 0.273. The summed E-state index contributed by atoms with van der Waals surface area (Å²) in [4.78, 5) is 25.9. The van der Waals surface area contributed by atoms with Crippen molar-refractivity contribution in [3.8, 4) is 11.5 Å². The largest absolute Gasteiger partial charge is 0.494 e. The number of nitrogens with one attached hydrogen (secondary N) is 1. The molecule has 1 amide bonds. The Hall–Kier alpha value is -2.99. The van der Waals surface area contributed by atoms with Gasteiger partial charge in [0.1, 0.15) is 23.2 Å². The average molecular weight is 413 g/mol. The molecule has 3 aromatic rings. The maximum Gasteiger partial charge on any atom is 0.257 e. The molecule has 150 valence electrons. The summed E-state index contributed by atoms with van der Waals surface area (Å²) in [6.45, 7) is 5.14. The van der Waals surface area contributed by atoms with E-state index in [-0.39, 0.29) is 18.2 Å². The molecule has 7 heteroatoms. The van der Waals surface area contributed by atoms with Gasteiger partial charge in [-0.25, -0.2) is 0 Å². The van der Waals surface area contributed by atoms with Crippen molar-refractivity contribution in [2.75, 3.05) is 6.61 Å². The maximum atomic E-state index is 13.1. The highest BCUT2D eigenvalue weighted by Gasteiger charge is 2.24. The van der Waals surface area contributed by atoms with Crippen molar-refractivity contribution in [3.05, 3.63) is 69.0 Å². The Balaban J connectivity index is 1.70. The number of halogens is 1. The first-order valence-electron chi connectivity index (χ1n) is 9.50. The number of carbonyl (C=O) groups excluding carboxylic acids is 1. The minimum Gasteiger partial charge on any atom is -0.494 e. The van der Waals surface area contributed by atoms with Gasteiger partial charge in [-0.3, -0.25) is 9.59 Å². The Labute approximate surface area is 173 Å². The normalized spacial score (nSPS) is 15.1. The number of carbonyl (C=O) groups is 1. The summed E-state index contributed by atoms with van der Waals surface area (Å²) in [5.41, 5.74) is 1.11. The first-order chi connectivity index (χ1) is 14.0. The lowest BCUT2D eigenvalue weighted by Crippen LogP contribution is -2.32. The number of amides is 1. The van der Waals surface area contributed by atoms with Gasteiger partial charge < -0.3 is 19.4 Å². The Bertz CT molecular complexity index is 1160. The van der Waals surface area contributed by atoms with Gasteiger partial charge in [0.05, 0.1) is 29.1 Å². The molecule has 0 bridgehead atoms. The molecule has 29 heavy (non-hydrogen) atoms. The molecular formula is C22H21ClN2O4. The summed E-state index contributed by atoms with van der Waals surface area (Å²) in [5.74, 6) is 0.852. The molecule has 2 heterocycles. The lowest BCUT2D eigenvalue weighted by atomic mass is 10.1. The van der Waals surface area contributed by atoms with Crippen LogP contribution in [-0.2, 0) is 13.1 Å². The first kappa shape index (κ1) is 19.3. The Morgan fingerprint density at radius 3 is 2.90 bits per heavy atom. The highest BCUT2D eigenvalue weighted by atomic mass is 35.5. The van der Waals surface area contributed by atoms with Crippen LogP contribution in [0.2, 0.25) is 5.02 Å². The van der Waals surface area contributed by atoms with Crippen molar-refractivity contribution in [1.29, 1.82) is 0 Å². The van der Waals surface area contributed by atoms with Crippen LogP contribution in [0.4, 0.5) is 0 Å². The molecule has 1 atom stereocenters. The number of ether oxygens (including phenoxy) is 2. The second kappa shape index (κ2) is 7.79. The SMILES string of the molecule is CCOc1ccccc1CNC(=O)c1cn2c3c(ccc(Cl)c3c1=O)O[C@H](C)C2. The van der Waals surface area contributed by atoms with Gasteiger partial charge in [-0.2, -0.15) is 0 Å². The molecule has 4 rings (SSSR count). The molecule has 0 radical (unpaired) electrons. The number of hydrogen-bond donors (Lipinski definition) is 1. The van der Waals surface area contributed by atoms with Crippen molar-refractivity contribution in [3.63, 3.8) is 0 Å². The number of aromatic nitrogens is 1. The van der Waals surface area contributed by atoms with Gasteiger partial charge in [0.15, 0.2) is 0 Å². The van der Waals surface area contributed by atoms with Gasteiger partial charge in [0.25, 0.3) is 5.91 Å². The fourth-order valence-electron chi connectivity index (χ4n) is 3.61. The molecule has 1 aliphatic heterocycles. The topological polar surface area (TPSA) is 69.6 Å². The summed E-state index contributed by atoms with van der Waals surface area (Å²) < 4.78 is 13.3. The van der Waals surface area contributed by atoms with Crippen molar-refractivity contribution < 1.29 is 14.3 Å². The van der Waals surface area contributed by atoms with Gasteiger partial charge >= 0.3 is 0 Å². The zero-order valence-electron chi connectivity index (χ0n) is 16.2. The van der Waals surface area contributed by atoms with Crippen molar-refractivity contribution in [1.82, 2.24) is 9.88 Å². The highest BCUT2D eigenvalue weighted by Crippen LogP contribution is 2.33. The Kier molecular flexibility index (Phi) is 5.20. The zero-order chi connectivity index (χ0) is 20.5. The smallest absolute Gasteiger partial charge is 0.257 e. The van der Waals surface area contributed by atoms with Crippen molar-refractivity contribution >= 4 is 28.4 Å². The number of benzene rings is 2. The summed E-state index contributed by atoms with van der Waals surface area (Å²) in [5, 5.41) is 3.43. The summed E-state index contributed by atoms with van der Waals surface area (Å²) in [6, 6.07) is 10.9. The molecule has 6 nitrogen and oxygen atoms in total. The van der Waals surface area contributed by atoms with Crippen LogP contribution < -0.4 is 20.2 Å². The van der Waals surface area contributed by atoms with E-state index in [1.807, 2.05) is 42.7 Å². The van der Waals surface area contributed by atoms with E-state index in [4.69, 9.17) is 21.1 Å². The average Bonchev–Trinajstić information content (AvgIpc) is 2.70. The molecule has 1 aromatic heterocycles. The second-order valence-electron chi connectivity index (χ2n) is 6.95. The van der Waals surface area contributed by atoms with Crippen LogP contribution in [0, 0.1) is 0 Å². The van der Waals surface area contributed by atoms with E-state index >= 15 is 0 Å². The zero-order valence-corrected chi connectivity index (χ0v) is 17.0. The van der Waals surface area contributed by atoms with E-state index < -0.39 is 11.3 Å². The van der Waals surface area contributed by atoms with Gasteiger partial charge in [0.2, 0.25) is 5.43 Å². The van der Waals surface area contributed by atoms with Crippen LogP contribution in [0.3, 0.4) is 0 Å². The molecule has 0 spiro atoms. The van der Waals surface area contributed by atoms with Gasteiger partial charge in [-0.15, -0.1) is 0 Å². The van der Waals surface area contributed by atoms with Crippen LogP contribution in [0.1, 0.15) is 29.8 Å². The molecule has 0 saturated carbocycles. The number of nitrogens with zero attached hydrogens (tertiary/aromatic N) is 1. The van der Waals surface area contributed by atoms with E-state index in [1.165, 1.54) is 0 Å². The van der Waals surface area contributed by atoms with E-state index in [1.54, 1.807) is 18.3 Å². The van der Waals surface area contributed by atoms with Crippen LogP contribution in [0.5, 0.6) is 11.5 Å². The van der Waals surface area contributed by atoms with Crippen LogP contribution in [0.25, 0.3) is 10.9 Å². The number of rotatable bonds is 5.